The molecule has 0 spiro atoms. The van der Waals surface area contributed by atoms with Crippen LogP contribution in [0.1, 0.15) is 21.1 Å². The number of carbonyl (C=O) groups excluding carboxylic acids is 1. The molecule has 15 heavy (non-hydrogen) atoms. The third-order valence-corrected chi connectivity index (χ3v) is 3.33. The minimum atomic E-state index is 0.706. The fraction of sp³-hybridized carbons (Fsp3) is 0.167. The van der Waals surface area contributed by atoms with Gasteiger partial charge in [0, 0.05) is 5.56 Å². The summed E-state index contributed by atoms with van der Waals surface area (Å²) in [6.07, 6.45) is 0.856. The van der Waals surface area contributed by atoms with Crippen LogP contribution >= 0.6 is 11.3 Å². The molecule has 0 bridgehead atoms. The van der Waals surface area contributed by atoms with Gasteiger partial charge in [-0.05, 0) is 19.4 Å². The number of aromatic nitrogens is 1. The first-order valence-corrected chi connectivity index (χ1v) is 5.52. The van der Waals surface area contributed by atoms with E-state index in [2.05, 4.69) is 4.98 Å². The van der Waals surface area contributed by atoms with Crippen molar-refractivity contribution in [2.45, 2.75) is 13.8 Å². The summed E-state index contributed by atoms with van der Waals surface area (Å²) in [6, 6.07) is 7.58. The van der Waals surface area contributed by atoms with E-state index in [4.69, 9.17) is 0 Å². The number of carbonyl (C=O) groups is 1. The van der Waals surface area contributed by atoms with Crippen molar-refractivity contribution in [2.24, 2.45) is 0 Å². The molecule has 1 heterocycles. The molecule has 2 rings (SSSR count). The standard InChI is InChI=1S/C12H11NOS/c1-8-12(15-9(2)13-8)11-5-3-10(7-14)4-6-11/h3-7H,1-2H3. The van der Waals surface area contributed by atoms with E-state index in [1.165, 1.54) is 4.88 Å². The van der Waals surface area contributed by atoms with Crippen molar-refractivity contribution in [3.63, 3.8) is 0 Å². The number of benzene rings is 1. The van der Waals surface area contributed by atoms with Crippen LogP contribution in [0.2, 0.25) is 0 Å². The SMILES string of the molecule is Cc1nc(C)c(-c2ccc(C=O)cc2)s1. The highest BCUT2D eigenvalue weighted by molar-refractivity contribution is 7.15. The Morgan fingerprint density at radius 1 is 1.20 bits per heavy atom. The van der Waals surface area contributed by atoms with Crippen molar-refractivity contribution in [3.05, 3.63) is 40.5 Å². The van der Waals surface area contributed by atoms with Crippen molar-refractivity contribution in [1.82, 2.24) is 4.98 Å². The van der Waals surface area contributed by atoms with Gasteiger partial charge >= 0.3 is 0 Å². The largest absolute Gasteiger partial charge is 0.298 e. The summed E-state index contributed by atoms with van der Waals surface area (Å²) in [7, 11) is 0. The van der Waals surface area contributed by atoms with Gasteiger partial charge in [-0.1, -0.05) is 24.3 Å². The number of rotatable bonds is 2. The third-order valence-electron chi connectivity index (χ3n) is 2.21. The van der Waals surface area contributed by atoms with E-state index in [0.29, 0.717) is 5.56 Å². The molecule has 0 aliphatic carbocycles. The fourth-order valence-electron chi connectivity index (χ4n) is 1.51. The van der Waals surface area contributed by atoms with Crippen LogP contribution in [0, 0.1) is 13.8 Å². The molecule has 0 aliphatic rings. The Morgan fingerprint density at radius 2 is 1.87 bits per heavy atom. The summed E-state index contributed by atoms with van der Waals surface area (Å²) < 4.78 is 0. The molecule has 0 saturated heterocycles. The van der Waals surface area contributed by atoms with Crippen molar-refractivity contribution < 1.29 is 4.79 Å². The molecule has 2 aromatic rings. The lowest BCUT2D eigenvalue weighted by atomic mass is 10.1. The van der Waals surface area contributed by atoms with E-state index in [1.807, 2.05) is 38.1 Å². The minimum absolute atomic E-state index is 0.706. The normalized spacial score (nSPS) is 10.3. The minimum Gasteiger partial charge on any atom is -0.298 e. The molecule has 2 nitrogen and oxygen atoms in total. The van der Waals surface area contributed by atoms with E-state index in [1.54, 1.807) is 11.3 Å². The number of nitrogens with zero attached hydrogens (tertiary/aromatic N) is 1. The first-order valence-electron chi connectivity index (χ1n) is 4.70. The van der Waals surface area contributed by atoms with Crippen molar-refractivity contribution in [1.29, 1.82) is 0 Å². The Hall–Kier alpha value is -1.48. The predicted octanol–water partition coefficient (Wildman–Crippen LogP) is 3.24. The Morgan fingerprint density at radius 3 is 2.33 bits per heavy atom. The molecular formula is C12H11NOS. The second kappa shape index (κ2) is 3.95. The lowest BCUT2D eigenvalue weighted by molar-refractivity contribution is 0.112. The number of hydrogen-bond donors (Lipinski definition) is 0. The van der Waals surface area contributed by atoms with E-state index in [9.17, 15) is 4.79 Å². The zero-order valence-electron chi connectivity index (χ0n) is 8.65. The molecule has 0 radical (unpaired) electrons. The summed E-state index contributed by atoms with van der Waals surface area (Å²) in [5.41, 5.74) is 2.89. The van der Waals surface area contributed by atoms with Gasteiger partial charge in [0.05, 0.1) is 15.6 Å². The van der Waals surface area contributed by atoms with Crippen LogP contribution in [0.3, 0.4) is 0 Å². The van der Waals surface area contributed by atoms with Crippen molar-refractivity contribution in [2.75, 3.05) is 0 Å². The lowest BCUT2D eigenvalue weighted by Gasteiger charge is -1.98. The van der Waals surface area contributed by atoms with Crippen LogP contribution in [0.4, 0.5) is 0 Å². The number of thiazole rings is 1. The molecule has 0 fully saturated rings. The van der Waals surface area contributed by atoms with Gasteiger partial charge < -0.3 is 0 Å². The van der Waals surface area contributed by atoms with Crippen molar-refractivity contribution >= 4 is 17.6 Å². The highest BCUT2D eigenvalue weighted by Crippen LogP contribution is 2.29. The van der Waals surface area contributed by atoms with Crippen LogP contribution in [0.15, 0.2) is 24.3 Å². The summed E-state index contributed by atoms with van der Waals surface area (Å²) in [5, 5.41) is 1.07. The number of aldehydes is 1. The van der Waals surface area contributed by atoms with E-state index in [-0.39, 0.29) is 0 Å². The average molecular weight is 217 g/mol. The molecule has 0 saturated carbocycles. The maximum atomic E-state index is 10.5. The highest BCUT2D eigenvalue weighted by Gasteiger charge is 2.06. The quantitative estimate of drug-likeness (QED) is 0.723. The topological polar surface area (TPSA) is 30.0 Å². The van der Waals surface area contributed by atoms with Crippen LogP contribution in [-0.2, 0) is 0 Å². The molecule has 3 heteroatoms. The van der Waals surface area contributed by atoms with E-state index < -0.39 is 0 Å². The second-order valence-corrected chi connectivity index (χ2v) is 4.59. The summed E-state index contributed by atoms with van der Waals surface area (Å²) in [6.45, 7) is 4.01. The van der Waals surface area contributed by atoms with Gasteiger partial charge in [-0.25, -0.2) is 4.98 Å². The van der Waals surface area contributed by atoms with Crippen LogP contribution < -0.4 is 0 Å². The molecule has 1 aromatic heterocycles. The first kappa shape index (κ1) is 10.1. The highest BCUT2D eigenvalue weighted by atomic mass is 32.1. The first-order chi connectivity index (χ1) is 7.20. The Kier molecular flexibility index (Phi) is 2.64. The molecule has 76 valence electrons. The predicted molar refractivity (Wildman–Crippen MR) is 62.4 cm³/mol. The molecule has 0 aliphatic heterocycles. The zero-order chi connectivity index (χ0) is 10.8. The number of aryl methyl sites for hydroxylation is 2. The lowest BCUT2D eigenvalue weighted by Crippen LogP contribution is -1.81. The molecule has 0 unspecified atom stereocenters. The molecule has 0 N–H and O–H groups in total. The van der Waals surface area contributed by atoms with Gasteiger partial charge in [-0.15, -0.1) is 11.3 Å². The van der Waals surface area contributed by atoms with Gasteiger partial charge in [0.25, 0.3) is 0 Å². The monoisotopic (exact) mass is 217 g/mol. The Labute approximate surface area is 92.6 Å². The second-order valence-electron chi connectivity index (χ2n) is 3.39. The third kappa shape index (κ3) is 1.97. The molecule has 0 atom stereocenters. The maximum absolute atomic E-state index is 10.5. The van der Waals surface area contributed by atoms with Crippen LogP contribution in [-0.4, -0.2) is 11.3 Å². The van der Waals surface area contributed by atoms with Crippen LogP contribution in [0.25, 0.3) is 10.4 Å². The maximum Gasteiger partial charge on any atom is 0.150 e. The number of hydrogen-bond acceptors (Lipinski definition) is 3. The fourth-order valence-corrected chi connectivity index (χ4v) is 2.44. The van der Waals surface area contributed by atoms with Gasteiger partial charge in [0.2, 0.25) is 0 Å². The smallest absolute Gasteiger partial charge is 0.150 e. The molecular weight excluding hydrogens is 206 g/mol. The summed E-state index contributed by atoms with van der Waals surface area (Å²) in [5.74, 6) is 0. The van der Waals surface area contributed by atoms with Gasteiger partial charge in [0.1, 0.15) is 6.29 Å². The average Bonchev–Trinajstić information content (AvgIpc) is 2.58. The van der Waals surface area contributed by atoms with Crippen molar-refractivity contribution in [3.8, 4) is 10.4 Å². The molecule has 1 aromatic carbocycles. The van der Waals surface area contributed by atoms with E-state index in [0.717, 1.165) is 22.6 Å². The van der Waals surface area contributed by atoms with Gasteiger partial charge in [-0.3, -0.25) is 4.79 Å². The molecule has 0 amide bonds. The Balaban J connectivity index is 2.45. The zero-order valence-corrected chi connectivity index (χ0v) is 9.47. The Bertz CT molecular complexity index is 485. The van der Waals surface area contributed by atoms with Crippen LogP contribution in [0.5, 0.6) is 0 Å². The van der Waals surface area contributed by atoms with E-state index >= 15 is 0 Å². The summed E-state index contributed by atoms with van der Waals surface area (Å²) >= 11 is 1.68. The summed E-state index contributed by atoms with van der Waals surface area (Å²) in [4.78, 5) is 16.1. The van der Waals surface area contributed by atoms with Gasteiger partial charge in [-0.2, -0.15) is 0 Å². The van der Waals surface area contributed by atoms with Gasteiger partial charge in [0.15, 0.2) is 0 Å².